The van der Waals surface area contributed by atoms with Crippen LogP contribution in [0.2, 0.25) is 0 Å². The molecule has 6 heteroatoms. The van der Waals surface area contributed by atoms with Crippen molar-refractivity contribution in [2.75, 3.05) is 0 Å². The van der Waals surface area contributed by atoms with Gasteiger partial charge in [0.2, 0.25) is 5.95 Å². The number of rotatable bonds is 2. The zero-order valence-corrected chi connectivity index (χ0v) is 12.0. The van der Waals surface area contributed by atoms with Gasteiger partial charge in [-0.15, -0.1) is 0 Å². The molecule has 1 unspecified atom stereocenters. The summed E-state index contributed by atoms with van der Waals surface area (Å²) in [5, 5.41) is 4.17. The number of hydrogen-bond acceptors (Lipinski definition) is 3. The molecule has 0 N–H and O–H groups in total. The molecular formula is C17H12F2N4. The third kappa shape index (κ3) is 2.42. The van der Waals surface area contributed by atoms with E-state index >= 15 is 0 Å². The Morgan fingerprint density at radius 3 is 2.57 bits per heavy atom. The quantitative estimate of drug-likeness (QED) is 0.725. The van der Waals surface area contributed by atoms with E-state index in [0.29, 0.717) is 17.9 Å². The second-order valence-electron chi connectivity index (χ2n) is 5.31. The van der Waals surface area contributed by atoms with Gasteiger partial charge in [-0.1, -0.05) is 30.3 Å². The van der Waals surface area contributed by atoms with Crippen molar-refractivity contribution in [2.45, 2.75) is 12.5 Å². The number of benzene rings is 2. The van der Waals surface area contributed by atoms with Gasteiger partial charge in [0.1, 0.15) is 18.0 Å². The predicted molar refractivity (Wildman–Crippen MR) is 81.8 cm³/mol. The lowest BCUT2D eigenvalue weighted by molar-refractivity contribution is 0.497. The van der Waals surface area contributed by atoms with E-state index in [1.807, 2.05) is 0 Å². The smallest absolute Gasteiger partial charge is 0.222 e. The molecule has 1 aromatic heterocycles. The van der Waals surface area contributed by atoms with Crippen LogP contribution in [-0.2, 0) is 0 Å². The molecule has 1 aliphatic heterocycles. The zero-order chi connectivity index (χ0) is 15.8. The van der Waals surface area contributed by atoms with E-state index in [0.717, 1.165) is 11.3 Å². The molecule has 0 bridgehead atoms. The third-order valence-electron chi connectivity index (χ3n) is 3.91. The standard InChI is InChI=1S/C17H12F2N4/c18-12-7-5-11(6-8-12)15-9-16(13-3-1-2-4-14(13)19)23-17(22-15)20-10-21-23/h1-8,10,16H,9H2. The lowest BCUT2D eigenvalue weighted by Gasteiger charge is -2.24. The maximum absolute atomic E-state index is 14.2. The fourth-order valence-corrected chi connectivity index (χ4v) is 2.79. The highest BCUT2D eigenvalue weighted by Crippen LogP contribution is 2.33. The molecule has 114 valence electrons. The topological polar surface area (TPSA) is 43.1 Å². The lowest BCUT2D eigenvalue weighted by atomic mass is 9.96. The van der Waals surface area contributed by atoms with Crippen LogP contribution in [0, 0.1) is 11.6 Å². The molecule has 3 aromatic rings. The second-order valence-corrected chi connectivity index (χ2v) is 5.31. The molecule has 0 saturated heterocycles. The number of fused-ring (bicyclic) bond motifs is 1. The van der Waals surface area contributed by atoms with Crippen LogP contribution >= 0.6 is 0 Å². The first-order chi connectivity index (χ1) is 11.2. The summed E-state index contributed by atoms with van der Waals surface area (Å²) in [7, 11) is 0. The Hall–Kier alpha value is -2.89. The minimum Gasteiger partial charge on any atom is -0.222 e. The van der Waals surface area contributed by atoms with E-state index in [1.54, 1.807) is 35.0 Å². The van der Waals surface area contributed by atoms with Crippen LogP contribution in [0.1, 0.15) is 23.6 Å². The summed E-state index contributed by atoms with van der Waals surface area (Å²) < 4.78 is 28.9. The molecule has 0 amide bonds. The summed E-state index contributed by atoms with van der Waals surface area (Å²) in [6.45, 7) is 0. The lowest BCUT2D eigenvalue weighted by Crippen LogP contribution is -2.22. The number of hydrogen-bond donors (Lipinski definition) is 0. The Kier molecular flexibility index (Phi) is 3.22. The Balaban J connectivity index is 1.81. The molecule has 4 nitrogen and oxygen atoms in total. The van der Waals surface area contributed by atoms with E-state index in [4.69, 9.17) is 0 Å². The summed E-state index contributed by atoms with van der Waals surface area (Å²) in [5.41, 5.74) is 2.06. The summed E-state index contributed by atoms with van der Waals surface area (Å²) in [4.78, 5) is 8.60. The van der Waals surface area contributed by atoms with E-state index in [-0.39, 0.29) is 17.7 Å². The van der Waals surface area contributed by atoms with E-state index in [2.05, 4.69) is 15.1 Å². The van der Waals surface area contributed by atoms with Crippen LogP contribution in [0.25, 0.3) is 0 Å². The first-order valence-electron chi connectivity index (χ1n) is 7.20. The van der Waals surface area contributed by atoms with Gasteiger partial charge in [0.15, 0.2) is 0 Å². The van der Waals surface area contributed by atoms with Gasteiger partial charge in [0.25, 0.3) is 0 Å². The molecule has 0 spiro atoms. The first-order valence-corrected chi connectivity index (χ1v) is 7.20. The molecule has 0 fully saturated rings. The van der Waals surface area contributed by atoms with Gasteiger partial charge >= 0.3 is 0 Å². The Morgan fingerprint density at radius 1 is 1.00 bits per heavy atom. The molecule has 23 heavy (non-hydrogen) atoms. The van der Waals surface area contributed by atoms with Gasteiger partial charge in [-0.3, -0.25) is 0 Å². The normalized spacial score (nSPS) is 16.8. The van der Waals surface area contributed by atoms with Crippen LogP contribution < -0.4 is 0 Å². The third-order valence-corrected chi connectivity index (χ3v) is 3.91. The minimum atomic E-state index is -0.328. The molecular weight excluding hydrogens is 298 g/mol. The van der Waals surface area contributed by atoms with Gasteiger partial charge in [0, 0.05) is 12.0 Å². The minimum absolute atomic E-state index is 0.292. The van der Waals surface area contributed by atoms with Gasteiger partial charge in [-0.25, -0.2) is 18.5 Å². The van der Waals surface area contributed by atoms with Crippen LogP contribution in [0.4, 0.5) is 14.7 Å². The van der Waals surface area contributed by atoms with E-state index in [9.17, 15) is 8.78 Å². The van der Waals surface area contributed by atoms with Crippen LogP contribution in [0.15, 0.2) is 59.9 Å². The van der Waals surface area contributed by atoms with Crippen molar-refractivity contribution in [1.82, 2.24) is 14.8 Å². The monoisotopic (exact) mass is 310 g/mol. The Labute approximate surface area is 131 Å². The number of aliphatic imine (C=N–C) groups is 1. The fraction of sp³-hybridized carbons (Fsp3) is 0.118. The average molecular weight is 310 g/mol. The van der Waals surface area contributed by atoms with Crippen molar-refractivity contribution in [2.24, 2.45) is 4.99 Å². The van der Waals surface area contributed by atoms with Crippen molar-refractivity contribution in [3.8, 4) is 0 Å². The summed E-state index contributed by atoms with van der Waals surface area (Å²) in [6.07, 6.45) is 1.86. The Morgan fingerprint density at radius 2 is 1.78 bits per heavy atom. The summed E-state index contributed by atoms with van der Waals surface area (Å²) in [6, 6.07) is 12.4. The number of aromatic nitrogens is 3. The highest BCUT2D eigenvalue weighted by atomic mass is 19.1. The molecule has 2 aromatic carbocycles. The molecule has 0 radical (unpaired) electrons. The van der Waals surface area contributed by atoms with Crippen molar-refractivity contribution >= 4 is 11.7 Å². The van der Waals surface area contributed by atoms with Gasteiger partial charge in [-0.05, 0) is 23.8 Å². The summed E-state index contributed by atoms with van der Waals surface area (Å²) >= 11 is 0. The number of halogens is 2. The molecule has 1 aliphatic rings. The molecule has 1 atom stereocenters. The maximum atomic E-state index is 14.2. The maximum Gasteiger partial charge on any atom is 0.248 e. The fourth-order valence-electron chi connectivity index (χ4n) is 2.79. The zero-order valence-electron chi connectivity index (χ0n) is 12.0. The molecule has 4 rings (SSSR count). The summed E-state index contributed by atoms with van der Waals surface area (Å²) in [5.74, 6) is -0.179. The molecule has 0 saturated carbocycles. The van der Waals surface area contributed by atoms with E-state index in [1.165, 1.54) is 24.5 Å². The van der Waals surface area contributed by atoms with E-state index < -0.39 is 0 Å². The van der Waals surface area contributed by atoms with Crippen molar-refractivity contribution in [3.05, 3.63) is 77.6 Å². The highest BCUT2D eigenvalue weighted by Gasteiger charge is 2.27. The van der Waals surface area contributed by atoms with Crippen molar-refractivity contribution < 1.29 is 8.78 Å². The van der Waals surface area contributed by atoms with Gasteiger partial charge in [-0.2, -0.15) is 10.1 Å². The highest BCUT2D eigenvalue weighted by molar-refractivity contribution is 6.02. The van der Waals surface area contributed by atoms with Crippen LogP contribution in [0.3, 0.4) is 0 Å². The largest absolute Gasteiger partial charge is 0.248 e. The van der Waals surface area contributed by atoms with Crippen molar-refractivity contribution in [3.63, 3.8) is 0 Å². The molecule has 2 heterocycles. The molecule has 0 aliphatic carbocycles. The SMILES string of the molecule is Fc1ccc(C2=Nc3ncnn3C(c3ccccc3F)C2)cc1. The predicted octanol–water partition coefficient (Wildman–Crippen LogP) is 3.67. The number of nitrogens with zero attached hydrogens (tertiary/aromatic N) is 4. The van der Waals surface area contributed by atoms with Crippen molar-refractivity contribution in [1.29, 1.82) is 0 Å². The van der Waals surface area contributed by atoms with Gasteiger partial charge in [0.05, 0.1) is 11.8 Å². The van der Waals surface area contributed by atoms with Crippen LogP contribution in [0.5, 0.6) is 0 Å². The van der Waals surface area contributed by atoms with Crippen LogP contribution in [-0.4, -0.2) is 20.5 Å². The Bertz CT molecular complexity index is 884. The van der Waals surface area contributed by atoms with Gasteiger partial charge < -0.3 is 0 Å². The first kappa shape index (κ1) is 13.8. The average Bonchev–Trinajstić information content (AvgIpc) is 3.04. The second kappa shape index (κ2) is 5.39.